The van der Waals surface area contributed by atoms with Crippen molar-refractivity contribution in [1.29, 1.82) is 0 Å². The lowest BCUT2D eigenvalue weighted by Gasteiger charge is -1.99. The van der Waals surface area contributed by atoms with Gasteiger partial charge in [0.05, 0.1) is 12.2 Å². The molecule has 0 aliphatic rings. The molecule has 1 aromatic carbocycles. The van der Waals surface area contributed by atoms with Crippen LogP contribution in [0.25, 0.3) is 6.08 Å². The van der Waals surface area contributed by atoms with Crippen molar-refractivity contribution in [3.05, 3.63) is 66.3 Å². The van der Waals surface area contributed by atoms with Crippen LogP contribution in [-0.4, -0.2) is 34.7 Å². The number of carboxylic acids is 2. The quantitative estimate of drug-likeness (QED) is 0.475. The number of carboxylic acid groups (broad SMARTS) is 2. The van der Waals surface area contributed by atoms with E-state index in [2.05, 4.69) is 6.58 Å². The molecule has 0 radical (unpaired) electrons. The van der Waals surface area contributed by atoms with Gasteiger partial charge in [-0.2, -0.15) is 0 Å². The van der Waals surface area contributed by atoms with Crippen LogP contribution in [0.3, 0.4) is 0 Å². The van der Waals surface area contributed by atoms with E-state index in [0.717, 1.165) is 5.56 Å². The maximum Gasteiger partial charge on any atom is 0.337 e. The molecule has 0 amide bonds. The SMILES string of the molecule is C=C(C=Cc1ccccc1)C(=O)OCC.O=C(O)/C=C\C(=O)O. The minimum Gasteiger partial charge on any atom is -0.478 e. The Labute approximate surface area is 134 Å². The van der Waals surface area contributed by atoms with Crippen molar-refractivity contribution in [3.8, 4) is 0 Å². The molecular weight excluding hydrogens is 300 g/mol. The minimum atomic E-state index is -1.26. The van der Waals surface area contributed by atoms with Gasteiger partial charge >= 0.3 is 17.9 Å². The highest BCUT2D eigenvalue weighted by molar-refractivity contribution is 5.92. The summed E-state index contributed by atoms with van der Waals surface area (Å²) in [5, 5.41) is 15.6. The number of rotatable bonds is 6. The number of hydrogen-bond acceptors (Lipinski definition) is 4. The number of aliphatic carboxylic acids is 2. The van der Waals surface area contributed by atoms with E-state index < -0.39 is 11.9 Å². The predicted octanol–water partition coefficient (Wildman–Crippen LogP) is 2.53. The second-order valence-corrected chi connectivity index (χ2v) is 4.00. The summed E-state index contributed by atoms with van der Waals surface area (Å²) in [6, 6.07) is 9.72. The molecule has 0 aliphatic heterocycles. The number of carbonyl (C=O) groups is 3. The fourth-order valence-corrected chi connectivity index (χ4v) is 1.20. The largest absolute Gasteiger partial charge is 0.478 e. The maximum atomic E-state index is 11.2. The summed E-state index contributed by atoms with van der Waals surface area (Å²) in [6.07, 6.45) is 4.61. The van der Waals surface area contributed by atoms with Crippen LogP contribution in [0.1, 0.15) is 12.5 Å². The summed E-state index contributed by atoms with van der Waals surface area (Å²) >= 11 is 0. The average molecular weight is 318 g/mol. The van der Waals surface area contributed by atoms with E-state index in [1.807, 2.05) is 36.4 Å². The Morgan fingerprint density at radius 1 is 1.04 bits per heavy atom. The summed E-state index contributed by atoms with van der Waals surface area (Å²) in [5.41, 5.74) is 1.39. The van der Waals surface area contributed by atoms with E-state index in [1.165, 1.54) is 0 Å². The van der Waals surface area contributed by atoms with Crippen LogP contribution in [-0.2, 0) is 19.1 Å². The highest BCUT2D eigenvalue weighted by Gasteiger charge is 2.02. The zero-order chi connectivity index (χ0) is 17.7. The van der Waals surface area contributed by atoms with Gasteiger partial charge in [0.2, 0.25) is 0 Å². The van der Waals surface area contributed by atoms with Gasteiger partial charge in [-0.05, 0) is 18.6 Å². The van der Waals surface area contributed by atoms with E-state index in [0.29, 0.717) is 24.3 Å². The maximum absolute atomic E-state index is 11.2. The van der Waals surface area contributed by atoms with Crippen molar-refractivity contribution in [2.24, 2.45) is 0 Å². The molecule has 0 saturated carbocycles. The fraction of sp³-hybridized carbons (Fsp3) is 0.118. The van der Waals surface area contributed by atoms with Gasteiger partial charge < -0.3 is 14.9 Å². The van der Waals surface area contributed by atoms with Gasteiger partial charge in [-0.25, -0.2) is 14.4 Å². The summed E-state index contributed by atoms with van der Waals surface area (Å²) in [7, 11) is 0. The summed E-state index contributed by atoms with van der Waals surface area (Å²) < 4.78 is 4.80. The van der Waals surface area contributed by atoms with Crippen LogP contribution in [0.4, 0.5) is 0 Å². The number of esters is 1. The highest BCUT2D eigenvalue weighted by atomic mass is 16.5. The molecule has 0 fully saturated rings. The Morgan fingerprint density at radius 3 is 2.00 bits per heavy atom. The lowest BCUT2D eigenvalue weighted by molar-refractivity contribution is -0.138. The van der Waals surface area contributed by atoms with Crippen LogP contribution >= 0.6 is 0 Å². The predicted molar refractivity (Wildman–Crippen MR) is 85.7 cm³/mol. The van der Waals surface area contributed by atoms with Crippen molar-refractivity contribution >= 4 is 24.0 Å². The van der Waals surface area contributed by atoms with Crippen molar-refractivity contribution < 1.29 is 29.3 Å². The molecule has 0 heterocycles. The average Bonchev–Trinajstić information content (AvgIpc) is 2.52. The van der Waals surface area contributed by atoms with Gasteiger partial charge in [0, 0.05) is 12.2 Å². The summed E-state index contributed by atoms with van der Waals surface area (Å²) in [4.78, 5) is 30.3. The number of benzene rings is 1. The Morgan fingerprint density at radius 2 is 1.57 bits per heavy atom. The second kappa shape index (κ2) is 11.5. The molecule has 1 aromatic rings. The minimum absolute atomic E-state index is 0.362. The van der Waals surface area contributed by atoms with Crippen LogP contribution in [0, 0.1) is 0 Å². The first-order valence-electron chi connectivity index (χ1n) is 6.60. The van der Waals surface area contributed by atoms with Crippen LogP contribution < -0.4 is 0 Å². The van der Waals surface area contributed by atoms with E-state index in [-0.39, 0.29) is 5.97 Å². The molecule has 0 aliphatic carbocycles. The van der Waals surface area contributed by atoms with E-state index in [9.17, 15) is 14.4 Å². The lowest BCUT2D eigenvalue weighted by Crippen LogP contribution is -2.04. The lowest BCUT2D eigenvalue weighted by atomic mass is 10.2. The van der Waals surface area contributed by atoms with Crippen molar-refractivity contribution in [3.63, 3.8) is 0 Å². The molecule has 0 aromatic heterocycles. The molecule has 0 bridgehead atoms. The zero-order valence-corrected chi connectivity index (χ0v) is 12.6. The normalized spacial score (nSPS) is 9.96. The molecular formula is C17H18O6. The molecule has 6 nitrogen and oxygen atoms in total. The number of carbonyl (C=O) groups excluding carboxylic acids is 1. The van der Waals surface area contributed by atoms with Gasteiger partial charge in [0.25, 0.3) is 0 Å². The summed E-state index contributed by atoms with van der Waals surface area (Å²) in [6.45, 7) is 5.77. The molecule has 6 heteroatoms. The van der Waals surface area contributed by atoms with Crippen LogP contribution in [0.15, 0.2) is 60.7 Å². The Kier molecular flexibility index (Phi) is 9.93. The van der Waals surface area contributed by atoms with Gasteiger partial charge in [0.15, 0.2) is 0 Å². The van der Waals surface area contributed by atoms with Crippen LogP contribution in [0.2, 0.25) is 0 Å². The molecule has 0 spiro atoms. The standard InChI is InChI=1S/C13H14O2.C4H4O4/c1-3-15-13(14)11(2)9-10-12-7-5-4-6-8-12;5-3(6)1-2-4(7)8/h4-10H,2-3H2,1H3;1-2H,(H,5,6)(H,7,8)/b;2-1-. The molecule has 0 saturated heterocycles. The Bertz CT molecular complexity index is 583. The zero-order valence-electron chi connectivity index (χ0n) is 12.6. The van der Waals surface area contributed by atoms with Crippen molar-refractivity contribution in [2.75, 3.05) is 6.61 Å². The third kappa shape index (κ3) is 11.2. The second-order valence-electron chi connectivity index (χ2n) is 4.00. The molecule has 23 heavy (non-hydrogen) atoms. The first-order chi connectivity index (χ1) is 10.9. The number of hydrogen-bond donors (Lipinski definition) is 2. The monoisotopic (exact) mass is 318 g/mol. The van der Waals surface area contributed by atoms with Gasteiger partial charge in [-0.15, -0.1) is 0 Å². The van der Waals surface area contributed by atoms with E-state index in [1.54, 1.807) is 13.0 Å². The van der Waals surface area contributed by atoms with Gasteiger partial charge in [0.1, 0.15) is 0 Å². The van der Waals surface area contributed by atoms with Gasteiger partial charge in [-0.3, -0.25) is 0 Å². The fourth-order valence-electron chi connectivity index (χ4n) is 1.20. The van der Waals surface area contributed by atoms with Crippen molar-refractivity contribution in [1.82, 2.24) is 0 Å². The molecule has 122 valence electrons. The van der Waals surface area contributed by atoms with E-state index >= 15 is 0 Å². The van der Waals surface area contributed by atoms with Crippen LogP contribution in [0.5, 0.6) is 0 Å². The topological polar surface area (TPSA) is 101 Å². The third-order valence-electron chi connectivity index (χ3n) is 2.18. The first-order valence-corrected chi connectivity index (χ1v) is 6.60. The molecule has 0 unspecified atom stereocenters. The number of ether oxygens (including phenoxy) is 1. The molecule has 1 rings (SSSR count). The Hall–Kier alpha value is -3.15. The summed E-state index contributed by atoms with van der Waals surface area (Å²) in [5.74, 6) is -2.88. The smallest absolute Gasteiger partial charge is 0.337 e. The highest BCUT2D eigenvalue weighted by Crippen LogP contribution is 2.05. The third-order valence-corrected chi connectivity index (χ3v) is 2.18. The van der Waals surface area contributed by atoms with E-state index in [4.69, 9.17) is 14.9 Å². The molecule has 2 N–H and O–H groups in total. The Balaban J connectivity index is 0.000000515. The van der Waals surface area contributed by atoms with Gasteiger partial charge in [-0.1, -0.05) is 43.0 Å². The molecule has 0 atom stereocenters. The van der Waals surface area contributed by atoms with Crippen molar-refractivity contribution in [2.45, 2.75) is 6.92 Å². The first kappa shape index (κ1) is 19.9.